The van der Waals surface area contributed by atoms with Gasteiger partial charge in [0.25, 0.3) is 0 Å². The molecule has 1 aliphatic heterocycles. The topological polar surface area (TPSA) is 38.3 Å². The number of piperidine rings is 1. The molecule has 1 aromatic carbocycles. The molecule has 3 nitrogen and oxygen atoms in total. The summed E-state index contributed by atoms with van der Waals surface area (Å²) in [6.07, 6.45) is 0.641. The fourth-order valence-corrected chi connectivity index (χ4v) is 2.18. The van der Waals surface area contributed by atoms with Crippen LogP contribution in [0.15, 0.2) is 24.3 Å². The molecule has 0 bridgehead atoms. The number of carbonyl (C=O) groups excluding carboxylic acids is 1. The minimum atomic E-state index is 0.0425. The lowest BCUT2D eigenvalue weighted by Gasteiger charge is -2.29. The lowest BCUT2D eigenvalue weighted by Crippen LogP contribution is -2.38. The van der Waals surface area contributed by atoms with E-state index in [2.05, 4.69) is 5.32 Å². The molecule has 2 atom stereocenters. The van der Waals surface area contributed by atoms with Crippen molar-refractivity contribution in [2.24, 2.45) is 5.92 Å². The summed E-state index contributed by atoms with van der Waals surface area (Å²) in [6.45, 7) is 2.75. The van der Waals surface area contributed by atoms with Crippen LogP contribution in [0.1, 0.15) is 24.9 Å². The van der Waals surface area contributed by atoms with Crippen LogP contribution >= 0.6 is 0 Å². The van der Waals surface area contributed by atoms with Gasteiger partial charge in [0.2, 0.25) is 0 Å². The van der Waals surface area contributed by atoms with Crippen molar-refractivity contribution in [3.8, 4) is 5.75 Å². The third-order valence-electron chi connectivity index (χ3n) is 3.20. The largest absolute Gasteiger partial charge is 0.497 e. The van der Waals surface area contributed by atoms with Crippen molar-refractivity contribution < 1.29 is 9.53 Å². The van der Waals surface area contributed by atoms with E-state index in [-0.39, 0.29) is 12.0 Å². The van der Waals surface area contributed by atoms with Crippen molar-refractivity contribution >= 4 is 5.78 Å². The molecule has 3 heteroatoms. The lowest BCUT2D eigenvalue weighted by molar-refractivity contribution is -0.124. The Morgan fingerprint density at radius 2 is 2.25 bits per heavy atom. The number of hydrogen-bond donors (Lipinski definition) is 1. The molecule has 0 radical (unpaired) electrons. The van der Waals surface area contributed by atoms with Gasteiger partial charge in [-0.05, 0) is 17.7 Å². The first-order valence-corrected chi connectivity index (χ1v) is 5.62. The summed E-state index contributed by atoms with van der Waals surface area (Å²) in [5.74, 6) is 1.22. The van der Waals surface area contributed by atoms with Gasteiger partial charge in [0, 0.05) is 24.9 Å². The van der Waals surface area contributed by atoms with Crippen molar-refractivity contribution in [2.75, 3.05) is 13.7 Å². The van der Waals surface area contributed by atoms with Crippen LogP contribution in [-0.2, 0) is 4.79 Å². The van der Waals surface area contributed by atoms with Crippen LogP contribution in [0.25, 0.3) is 0 Å². The van der Waals surface area contributed by atoms with E-state index in [9.17, 15) is 4.79 Å². The van der Waals surface area contributed by atoms with Gasteiger partial charge in [-0.15, -0.1) is 0 Å². The van der Waals surface area contributed by atoms with Gasteiger partial charge in [-0.3, -0.25) is 4.79 Å². The lowest BCUT2D eigenvalue weighted by atomic mass is 9.87. The van der Waals surface area contributed by atoms with Gasteiger partial charge in [-0.25, -0.2) is 0 Å². The normalized spacial score (nSPS) is 25.5. The van der Waals surface area contributed by atoms with Crippen LogP contribution in [0.5, 0.6) is 5.75 Å². The molecule has 86 valence electrons. The molecular formula is C13H17NO2. The number of hydrogen-bond acceptors (Lipinski definition) is 3. The molecular weight excluding hydrogens is 202 g/mol. The average molecular weight is 219 g/mol. The van der Waals surface area contributed by atoms with E-state index < -0.39 is 0 Å². The van der Waals surface area contributed by atoms with Gasteiger partial charge < -0.3 is 10.1 Å². The summed E-state index contributed by atoms with van der Waals surface area (Å²) in [5.41, 5.74) is 1.12. The maximum Gasteiger partial charge on any atom is 0.138 e. The highest BCUT2D eigenvalue weighted by atomic mass is 16.5. The second kappa shape index (κ2) is 4.66. The van der Waals surface area contributed by atoms with Gasteiger partial charge in [0.1, 0.15) is 11.5 Å². The molecule has 1 heterocycles. The number of benzene rings is 1. The molecule has 0 spiro atoms. The Kier molecular flexibility index (Phi) is 3.25. The number of rotatable bonds is 2. The van der Waals surface area contributed by atoms with Crippen molar-refractivity contribution in [1.82, 2.24) is 5.32 Å². The molecule has 2 rings (SSSR count). The Balaban J connectivity index is 2.25. The van der Waals surface area contributed by atoms with Crippen LogP contribution in [-0.4, -0.2) is 19.4 Å². The van der Waals surface area contributed by atoms with Crippen molar-refractivity contribution in [3.05, 3.63) is 29.8 Å². The number of ketones is 1. The van der Waals surface area contributed by atoms with Gasteiger partial charge in [-0.2, -0.15) is 0 Å². The fourth-order valence-electron chi connectivity index (χ4n) is 2.18. The Morgan fingerprint density at radius 3 is 3.00 bits per heavy atom. The Labute approximate surface area is 95.8 Å². The molecule has 1 N–H and O–H groups in total. The highest BCUT2D eigenvalue weighted by Gasteiger charge is 2.28. The molecule has 0 saturated carbocycles. The molecule has 1 aromatic rings. The van der Waals surface area contributed by atoms with Gasteiger partial charge in [0.05, 0.1) is 7.11 Å². The SMILES string of the molecule is COc1cccc(C2NCCC(=O)C2C)c1. The highest BCUT2D eigenvalue weighted by molar-refractivity contribution is 5.82. The first-order valence-electron chi connectivity index (χ1n) is 5.62. The Hall–Kier alpha value is -1.35. The van der Waals surface area contributed by atoms with Gasteiger partial charge >= 0.3 is 0 Å². The van der Waals surface area contributed by atoms with E-state index in [1.807, 2.05) is 31.2 Å². The number of ether oxygens (including phenoxy) is 1. The standard InChI is InChI=1S/C13H17NO2/c1-9-12(15)6-7-14-13(9)10-4-3-5-11(8-10)16-2/h3-5,8-9,13-14H,6-7H2,1-2H3. The molecule has 2 unspecified atom stereocenters. The minimum Gasteiger partial charge on any atom is -0.497 e. The maximum absolute atomic E-state index is 11.7. The third kappa shape index (κ3) is 2.09. The van der Waals surface area contributed by atoms with E-state index in [1.165, 1.54) is 0 Å². The first kappa shape index (κ1) is 11.1. The van der Waals surface area contributed by atoms with Gasteiger partial charge in [-0.1, -0.05) is 19.1 Å². The second-order valence-electron chi connectivity index (χ2n) is 4.21. The smallest absolute Gasteiger partial charge is 0.138 e. The summed E-state index contributed by atoms with van der Waals surface area (Å²) >= 11 is 0. The summed E-state index contributed by atoms with van der Waals surface area (Å²) in [5, 5.41) is 3.39. The number of carbonyl (C=O) groups is 1. The third-order valence-corrected chi connectivity index (χ3v) is 3.20. The van der Waals surface area contributed by atoms with E-state index in [1.54, 1.807) is 7.11 Å². The summed E-state index contributed by atoms with van der Waals surface area (Å²) in [7, 11) is 1.65. The highest BCUT2D eigenvalue weighted by Crippen LogP contribution is 2.28. The Morgan fingerprint density at radius 1 is 1.44 bits per heavy atom. The van der Waals surface area contributed by atoms with E-state index in [4.69, 9.17) is 4.74 Å². The van der Waals surface area contributed by atoms with Gasteiger partial charge in [0.15, 0.2) is 0 Å². The number of Topliss-reactive ketones (excluding diaryl/α,β-unsaturated/α-hetero) is 1. The summed E-state index contributed by atoms with van der Waals surface area (Å²) in [4.78, 5) is 11.7. The Bertz CT molecular complexity index is 389. The zero-order valence-electron chi connectivity index (χ0n) is 9.69. The van der Waals surface area contributed by atoms with Crippen LogP contribution in [0, 0.1) is 5.92 Å². The zero-order valence-corrected chi connectivity index (χ0v) is 9.69. The predicted molar refractivity (Wildman–Crippen MR) is 62.5 cm³/mol. The number of methoxy groups -OCH3 is 1. The fraction of sp³-hybridized carbons (Fsp3) is 0.462. The van der Waals surface area contributed by atoms with Crippen LogP contribution in [0.2, 0.25) is 0 Å². The quantitative estimate of drug-likeness (QED) is 0.826. The predicted octanol–water partition coefficient (Wildman–Crippen LogP) is 1.93. The van der Waals surface area contributed by atoms with Crippen LogP contribution in [0.3, 0.4) is 0 Å². The van der Waals surface area contributed by atoms with Crippen molar-refractivity contribution in [1.29, 1.82) is 0 Å². The molecule has 0 aliphatic carbocycles. The van der Waals surface area contributed by atoms with Crippen LogP contribution < -0.4 is 10.1 Å². The molecule has 1 saturated heterocycles. The monoisotopic (exact) mass is 219 g/mol. The van der Waals surface area contributed by atoms with E-state index in [0.29, 0.717) is 12.2 Å². The van der Waals surface area contributed by atoms with E-state index >= 15 is 0 Å². The summed E-state index contributed by atoms with van der Waals surface area (Å²) < 4.78 is 5.20. The molecule has 0 amide bonds. The second-order valence-corrected chi connectivity index (χ2v) is 4.21. The van der Waals surface area contributed by atoms with Crippen molar-refractivity contribution in [3.63, 3.8) is 0 Å². The molecule has 1 aliphatic rings. The zero-order chi connectivity index (χ0) is 11.5. The first-order chi connectivity index (χ1) is 7.72. The van der Waals surface area contributed by atoms with Crippen LogP contribution in [0.4, 0.5) is 0 Å². The number of nitrogens with one attached hydrogen (secondary N) is 1. The molecule has 0 aromatic heterocycles. The van der Waals surface area contributed by atoms with Crippen molar-refractivity contribution in [2.45, 2.75) is 19.4 Å². The van der Waals surface area contributed by atoms with E-state index in [0.717, 1.165) is 17.9 Å². The average Bonchev–Trinajstić information content (AvgIpc) is 2.33. The summed E-state index contributed by atoms with van der Waals surface area (Å²) in [6, 6.07) is 8.03. The maximum atomic E-state index is 11.7. The minimum absolute atomic E-state index is 0.0425. The molecule has 1 fully saturated rings. The molecule has 16 heavy (non-hydrogen) atoms.